The summed E-state index contributed by atoms with van der Waals surface area (Å²) in [4.78, 5) is 25.5. The maximum atomic E-state index is 12.4. The molecule has 1 aliphatic heterocycles. The largest absolute Gasteiger partial charge is 0.497 e. The maximum Gasteiger partial charge on any atom is 0.270 e. The maximum absolute atomic E-state index is 12.4. The van der Waals surface area contributed by atoms with Gasteiger partial charge in [-0.25, -0.2) is 9.97 Å². The van der Waals surface area contributed by atoms with E-state index in [0.717, 1.165) is 56.3 Å². The quantitative estimate of drug-likeness (QED) is 0.799. The first-order chi connectivity index (χ1) is 13.2. The summed E-state index contributed by atoms with van der Waals surface area (Å²) in [5.41, 5.74) is 1.56. The van der Waals surface area contributed by atoms with Gasteiger partial charge < -0.3 is 19.9 Å². The van der Waals surface area contributed by atoms with Gasteiger partial charge in [0.15, 0.2) is 0 Å². The lowest BCUT2D eigenvalue weighted by atomic mass is 10.1. The number of piperazine rings is 1. The summed E-state index contributed by atoms with van der Waals surface area (Å²) in [6.45, 7) is 7.68. The molecule has 27 heavy (non-hydrogen) atoms. The lowest BCUT2D eigenvalue weighted by molar-refractivity contribution is 0.0949. The second-order valence-electron chi connectivity index (χ2n) is 6.54. The molecule has 1 N–H and O–H groups in total. The smallest absolute Gasteiger partial charge is 0.270 e. The van der Waals surface area contributed by atoms with E-state index in [1.807, 2.05) is 24.3 Å². The number of nitrogens with one attached hydrogen (secondary N) is 1. The SMILES string of the molecule is CCN1CCN(c2cc(C(=O)NCCc3ccc(OC)cc3)ncn2)CC1. The molecule has 1 aromatic heterocycles. The molecule has 3 rings (SSSR count). The van der Waals surface area contributed by atoms with Crippen LogP contribution >= 0.6 is 0 Å². The summed E-state index contributed by atoms with van der Waals surface area (Å²) >= 11 is 0. The van der Waals surface area contributed by atoms with Crippen molar-refractivity contribution in [1.82, 2.24) is 20.2 Å². The van der Waals surface area contributed by atoms with E-state index in [2.05, 4.69) is 32.0 Å². The van der Waals surface area contributed by atoms with Crippen LogP contribution in [0.2, 0.25) is 0 Å². The first kappa shape index (κ1) is 19.1. The third kappa shape index (κ3) is 5.17. The van der Waals surface area contributed by atoms with Crippen LogP contribution in [0.1, 0.15) is 23.0 Å². The second-order valence-corrected chi connectivity index (χ2v) is 6.54. The molecule has 0 aliphatic carbocycles. The number of benzene rings is 1. The highest BCUT2D eigenvalue weighted by Gasteiger charge is 2.18. The summed E-state index contributed by atoms with van der Waals surface area (Å²) < 4.78 is 5.15. The van der Waals surface area contributed by atoms with Gasteiger partial charge in [0.1, 0.15) is 23.6 Å². The molecule has 144 valence electrons. The Labute approximate surface area is 160 Å². The number of amides is 1. The van der Waals surface area contributed by atoms with Gasteiger partial charge in [-0.1, -0.05) is 19.1 Å². The van der Waals surface area contributed by atoms with Crippen LogP contribution < -0.4 is 15.0 Å². The van der Waals surface area contributed by atoms with E-state index in [4.69, 9.17) is 4.74 Å². The number of aromatic nitrogens is 2. The minimum absolute atomic E-state index is 0.167. The first-order valence-electron chi connectivity index (χ1n) is 9.40. The molecule has 1 fully saturated rings. The standard InChI is InChI=1S/C20H27N5O2/c1-3-24-10-12-25(13-11-24)19-14-18(22-15-23-19)20(26)21-9-8-16-4-6-17(27-2)7-5-16/h4-7,14-15H,3,8-13H2,1-2H3,(H,21,26). The highest BCUT2D eigenvalue weighted by Crippen LogP contribution is 2.14. The number of likely N-dealkylation sites (N-methyl/N-ethyl adjacent to an activating group) is 1. The van der Waals surface area contributed by atoms with Crippen LogP contribution in [0.4, 0.5) is 5.82 Å². The van der Waals surface area contributed by atoms with E-state index in [-0.39, 0.29) is 5.91 Å². The topological polar surface area (TPSA) is 70.6 Å². The van der Waals surface area contributed by atoms with Gasteiger partial charge >= 0.3 is 0 Å². The predicted octanol–water partition coefficient (Wildman–Crippen LogP) is 1.60. The Kier molecular flexibility index (Phi) is 6.59. The summed E-state index contributed by atoms with van der Waals surface area (Å²) in [6.07, 6.45) is 2.23. The third-order valence-electron chi connectivity index (χ3n) is 4.89. The van der Waals surface area contributed by atoms with Gasteiger partial charge in [0.25, 0.3) is 5.91 Å². The van der Waals surface area contributed by atoms with Crippen LogP contribution in [-0.4, -0.2) is 67.2 Å². The van der Waals surface area contributed by atoms with Crippen LogP contribution in [0.5, 0.6) is 5.75 Å². The molecule has 1 aromatic carbocycles. The zero-order valence-electron chi connectivity index (χ0n) is 16.0. The molecule has 2 heterocycles. The number of carbonyl (C=O) groups is 1. The lowest BCUT2D eigenvalue weighted by Crippen LogP contribution is -2.46. The Hall–Kier alpha value is -2.67. The lowest BCUT2D eigenvalue weighted by Gasteiger charge is -2.34. The molecule has 1 saturated heterocycles. The highest BCUT2D eigenvalue weighted by molar-refractivity contribution is 5.92. The Morgan fingerprint density at radius 3 is 2.56 bits per heavy atom. The Balaban J connectivity index is 1.52. The molecule has 2 aromatic rings. The third-order valence-corrected chi connectivity index (χ3v) is 4.89. The molecule has 0 spiro atoms. The molecule has 0 bridgehead atoms. The molecule has 1 amide bonds. The molecule has 7 heteroatoms. The number of rotatable bonds is 7. The second kappa shape index (κ2) is 9.32. The molecule has 7 nitrogen and oxygen atoms in total. The van der Waals surface area contributed by atoms with Crippen molar-refractivity contribution in [2.45, 2.75) is 13.3 Å². The number of hydrogen-bond acceptors (Lipinski definition) is 6. The number of nitrogens with zero attached hydrogens (tertiary/aromatic N) is 4. The number of hydrogen-bond donors (Lipinski definition) is 1. The van der Waals surface area contributed by atoms with E-state index >= 15 is 0 Å². The number of ether oxygens (including phenoxy) is 1. The predicted molar refractivity (Wildman–Crippen MR) is 105 cm³/mol. The van der Waals surface area contributed by atoms with Crippen molar-refractivity contribution in [3.63, 3.8) is 0 Å². The molecule has 0 saturated carbocycles. The zero-order chi connectivity index (χ0) is 19.1. The monoisotopic (exact) mass is 369 g/mol. The summed E-state index contributed by atoms with van der Waals surface area (Å²) in [5.74, 6) is 1.48. The Morgan fingerprint density at radius 2 is 1.89 bits per heavy atom. The minimum Gasteiger partial charge on any atom is -0.497 e. The van der Waals surface area contributed by atoms with Gasteiger partial charge in [-0.05, 0) is 30.7 Å². The first-order valence-corrected chi connectivity index (χ1v) is 9.40. The fourth-order valence-corrected chi connectivity index (χ4v) is 3.14. The van der Waals surface area contributed by atoms with Gasteiger partial charge in [-0.15, -0.1) is 0 Å². The Morgan fingerprint density at radius 1 is 1.15 bits per heavy atom. The number of anilines is 1. The number of carbonyl (C=O) groups excluding carboxylic acids is 1. The highest BCUT2D eigenvalue weighted by atomic mass is 16.5. The van der Waals surface area contributed by atoms with Crippen molar-refractivity contribution in [2.24, 2.45) is 0 Å². The molecule has 0 unspecified atom stereocenters. The number of methoxy groups -OCH3 is 1. The summed E-state index contributed by atoms with van der Waals surface area (Å²) in [5, 5.41) is 2.94. The van der Waals surface area contributed by atoms with Crippen LogP contribution in [0.25, 0.3) is 0 Å². The van der Waals surface area contributed by atoms with Crippen LogP contribution in [-0.2, 0) is 6.42 Å². The molecule has 1 aliphatic rings. The average molecular weight is 369 g/mol. The van der Waals surface area contributed by atoms with E-state index in [9.17, 15) is 4.79 Å². The van der Waals surface area contributed by atoms with Gasteiger partial charge in [0.05, 0.1) is 7.11 Å². The van der Waals surface area contributed by atoms with Crippen LogP contribution in [0.15, 0.2) is 36.7 Å². The van der Waals surface area contributed by atoms with Crippen LogP contribution in [0, 0.1) is 0 Å². The van der Waals surface area contributed by atoms with Crippen molar-refractivity contribution in [2.75, 3.05) is 51.3 Å². The van der Waals surface area contributed by atoms with E-state index in [1.165, 1.54) is 6.33 Å². The normalized spacial score (nSPS) is 14.8. The summed E-state index contributed by atoms with van der Waals surface area (Å²) in [7, 11) is 1.65. The van der Waals surface area contributed by atoms with E-state index < -0.39 is 0 Å². The molecular weight excluding hydrogens is 342 g/mol. The minimum atomic E-state index is -0.167. The van der Waals surface area contributed by atoms with Gasteiger partial charge in [0.2, 0.25) is 0 Å². The fraction of sp³-hybridized carbons (Fsp3) is 0.450. The average Bonchev–Trinajstić information content (AvgIpc) is 2.74. The van der Waals surface area contributed by atoms with Gasteiger partial charge in [-0.2, -0.15) is 0 Å². The van der Waals surface area contributed by atoms with Crippen LogP contribution in [0.3, 0.4) is 0 Å². The van der Waals surface area contributed by atoms with Crippen molar-refractivity contribution < 1.29 is 9.53 Å². The van der Waals surface area contributed by atoms with Crippen molar-refractivity contribution in [3.8, 4) is 5.75 Å². The zero-order valence-corrected chi connectivity index (χ0v) is 16.0. The molecule has 0 radical (unpaired) electrons. The molecular formula is C20H27N5O2. The van der Waals surface area contributed by atoms with E-state index in [0.29, 0.717) is 12.2 Å². The van der Waals surface area contributed by atoms with Gasteiger partial charge in [-0.3, -0.25) is 4.79 Å². The fourth-order valence-electron chi connectivity index (χ4n) is 3.14. The molecule has 0 atom stereocenters. The van der Waals surface area contributed by atoms with Crippen molar-refractivity contribution in [3.05, 3.63) is 47.9 Å². The van der Waals surface area contributed by atoms with E-state index in [1.54, 1.807) is 13.2 Å². The summed E-state index contributed by atoms with van der Waals surface area (Å²) in [6, 6.07) is 9.63. The van der Waals surface area contributed by atoms with Gasteiger partial charge in [0, 0.05) is 38.8 Å². The van der Waals surface area contributed by atoms with Crippen molar-refractivity contribution in [1.29, 1.82) is 0 Å². The Bertz CT molecular complexity index is 742. The van der Waals surface area contributed by atoms with Crippen molar-refractivity contribution >= 4 is 11.7 Å².